The number of hydrogen-bond acceptors (Lipinski definition) is 6. The summed E-state index contributed by atoms with van der Waals surface area (Å²) in [7, 11) is 1.87. The van der Waals surface area contributed by atoms with E-state index in [0.29, 0.717) is 5.92 Å². The van der Waals surface area contributed by atoms with Gasteiger partial charge in [-0.2, -0.15) is 0 Å². The minimum Gasteiger partial charge on any atom is -0.396 e. The zero-order chi connectivity index (χ0) is 13.0. The van der Waals surface area contributed by atoms with E-state index in [0.717, 1.165) is 42.7 Å². The second-order valence-electron chi connectivity index (χ2n) is 4.46. The fourth-order valence-corrected chi connectivity index (χ4v) is 2.63. The summed E-state index contributed by atoms with van der Waals surface area (Å²) in [6.45, 7) is 2.27. The number of aliphatic hydroxyl groups excluding tert-OH is 1. The van der Waals surface area contributed by atoms with Crippen molar-refractivity contribution in [2.75, 3.05) is 43.2 Å². The molecule has 2 rings (SSSR count). The van der Waals surface area contributed by atoms with E-state index in [4.69, 9.17) is 5.11 Å². The van der Waals surface area contributed by atoms with Gasteiger partial charge in [0.25, 0.3) is 0 Å². The van der Waals surface area contributed by atoms with Crippen molar-refractivity contribution in [1.82, 2.24) is 9.97 Å². The van der Waals surface area contributed by atoms with Crippen LogP contribution in [0.2, 0.25) is 0 Å². The van der Waals surface area contributed by atoms with Gasteiger partial charge in [-0.25, -0.2) is 9.97 Å². The predicted molar refractivity (Wildman–Crippen MR) is 75.4 cm³/mol. The molecule has 100 valence electrons. The average Bonchev–Trinajstić information content (AvgIpc) is 2.87. The van der Waals surface area contributed by atoms with E-state index in [1.54, 1.807) is 11.8 Å². The van der Waals surface area contributed by atoms with Crippen LogP contribution in [0.4, 0.5) is 11.6 Å². The summed E-state index contributed by atoms with van der Waals surface area (Å²) >= 11 is 1.55. The van der Waals surface area contributed by atoms with Crippen molar-refractivity contribution in [2.24, 2.45) is 5.92 Å². The molecule has 1 fully saturated rings. The van der Waals surface area contributed by atoms with Crippen LogP contribution in [0.25, 0.3) is 0 Å². The molecule has 1 aliphatic rings. The van der Waals surface area contributed by atoms with Crippen molar-refractivity contribution in [1.29, 1.82) is 0 Å². The maximum Gasteiger partial charge on any atom is 0.191 e. The maximum atomic E-state index is 8.99. The lowest BCUT2D eigenvalue weighted by Crippen LogP contribution is -2.21. The van der Waals surface area contributed by atoms with Crippen molar-refractivity contribution in [3.05, 3.63) is 6.07 Å². The third kappa shape index (κ3) is 3.05. The molecule has 0 aliphatic carbocycles. The minimum atomic E-state index is 0.278. The summed E-state index contributed by atoms with van der Waals surface area (Å²) < 4.78 is 0. The highest BCUT2D eigenvalue weighted by atomic mass is 32.2. The van der Waals surface area contributed by atoms with Gasteiger partial charge in [0, 0.05) is 32.8 Å². The Balaban J connectivity index is 2.13. The summed E-state index contributed by atoms with van der Waals surface area (Å²) in [4.78, 5) is 11.2. The van der Waals surface area contributed by atoms with Gasteiger partial charge in [0.05, 0.1) is 0 Å². The molecule has 6 heteroatoms. The lowest BCUT2D eigenvalue weighted by molar-refractivity contribution is 0.263. The van der Waals surface area contributed by atoms with E-state index >= 15 is 0 Å². The number of rotatable bonds is 5. The topological polar surface area (TPSA) is 61.3 Å². The van der Waals surface area contributed by atoms with Gasteiger partial charge >= 0.3 is 0 Å². The molecule has 0 amide bonds. The number of anilines is 2. The van der Waals surface area contributed by atoms with Crippen molar-refractivity contribution in [3.63, 3.8) is 0 Å². The quantitative estimate of drug-likeness (QED) is 0.622. The van der Waals surface area contributed by atoms with Gasteiger partial charge in [-0.1, -0.05) is 11.8 Å². The van der Waals surface area contributed by atoms with Gasteiger partial charge in [0.1, 0.15) is 11.6 Å². The van der Waals surface area contributed by atoms with Crippen molar-refractivity contribution in [2.45, 2.75) is 18.0 Å². The largest absolute Gasteiger partial charge is 0.396 e. The van der Waals surface area contributed by atoms with Crippen LogP contribution in [0.15, 0.2) is 11.2 Å². The Morgan fingerprint density at radius 1 is 1.56 bits per heavy atom. The van der Waals surface area contributed by atoms with Crippen molar-refractivity contribution in [3.8, 4) is 0 Å². The highest BCUT2D eigenvalue weighted by Crippen LogP contribution is 2.26. The van der Waals surface area contributed by atoms with Crippen molar-refractivity contribution >= 4 is 23.4 Å². The average molecular weight is 268 g/mol. The van der Waals surface area contributed by atoms with Crippen LogP contribution in [0.3, 0.4) is 0 Å². The molecular formula is C12H20N4OS. The molecule has 1 saturated heterocycles. The Bertz CT molecular complexity index is 379. The summed E-state index contributed by atoms with van der Waals surface area (Å²) in [5, 5.41) is 12.9. The van der Waals surface area contributed by atoms with Crippen molar-refractivity contribution < 1.29 is 5.11 Å². The molecular weight excluding hydrogens is 248 g/mol. The van der Waals surface area contributed by atoms with Gasteiger partial charge in [0.2, 0.25) is 0 Å². The van der Waals surface area contributed by atoms with Crippen LogP contribution in [0, 0.1) is 5.92 Å². The first-order valence-corrected chi connectivity index (χ1v) is 7.46. The molecule has 0 aromatic carbocycles. The monoisotopic (exact) mass is 268 g/mol. The Kier molecular flexibility index (Phi) is 4.66. The van der Waals surface area contributed by atoms with E-state index in [1.807, 2.05) is 19.4 Å². The third-order valence-corrected chi connectivity index (χ3v) is 3.83. The van der Waals surface area contributed by atoms with E-state index in [9.17, 15) is 0 Å². The van der Waals surface area contributed by atoms with Gasteiger partial charge in [-0.15, -0.1) is 0 Å². The Morgan fingerprint density at radius 3 is 3.06 bits per heavy atom. The second-order valence-corrected chi connectivity index (χ2v) is 5.23. The summed E-state index contributed by atoms with van der Waals surface area (Å²) in [6.07, 6.45) is 4.00. The molecule has 1 aromatic rings. The third-order valence-electron chi connectivity index (χ3n) is 3.28. The summed E-state index contributed by atoms with van der Waals surface area (Å²) in [5.74, 6) is 2.43. The molecule has 0 radical (unpaired) electrons. The van der Waals surface area contributed by atoms with E-state index in [1.165, 1.54) is 0 Å². The lowest BCUT2D eigenvalue weighted by atomic mass is 10.1. The van der Waals surface area contributed by atoms with Crippen LogP contribution in [0.5, 0.6) is 0 Å². The molecule has 18 heavy (non-hydrogen) atoms. The first-order chi connectivity index (χ1) is 8.76. The number of nitrogens with one attached hydrogen (secondary N) is 1. The molecule has 1 aromatic heterocycles. The number of aromatic nitrogens is 2. The Hall–Kier alpha value is -1.01. The molecule has 5 nitrogen and oxygen atoms in total. The number of nitrogens with zero attached hydrogens (tertiary/aromatic N) is 3. The summed E-state index contributed by atoms with van der Waals surface area (Å²) in [6, 6.07) is 1.99. The highest BCUT2D eigenvalue weighted by molar-refractivity contribution is 7.98. The molecule has 1 atom stereocenters. The van der Waals surface area contributed by atoms with Crippen LogP contribution in [0.1, 0.15) is 12.8 Å². The molecule has 1 unspecified atom stereocenters. The molecule has 2 N–H and O–H groups in total. The normalized spacial score (nSPS) is 19.3. The molecule has 0 bridgehead atoms. The Morgan fingerprint density at radius 2 is 2.39 bits per heavy atom. The number of aliphatic hydroxyl groups is 1. The SMILES string of the molecule is CNc1cc(N2CCC(CCO)C2)nc(SC)n1. The first-order valence-electron chi connectivity index (χ1n) is 6.23. The van der Waals surface area contributed by atoms with E-state index < -0.39 is 0 Å². The van der Waals surface area contributed by atoms with Crippen LogP contribution < -0.4 is 10.2 Å². The first kappa shape index (κ1) is 13.4. The molecule has 2 heterocycles. The highest BCUT2D eigenvalue weighted by Gasteiger charge is 2.23. The fourth-order valence-electron chi connectivity index (χ4n) is 2.25. The molecule has 0 saturated carbocycles. The zero-order valence-corrected chi connectivity index (χ0v) is 11.7. The lowest BCUT2D eigenvalue weighted by Gasteiger charge is -2.18. The Labute approximate surface area is 112 Å². The van der Waals surface area contributed by atoms with E-state index in [2.05, 4.69) is 20.2 Å². The standard InChI is InChI=1S/C12H20N4OS/c1-13-10-7-11(15-12(14-10)18-2)16-5-3-9(8-16)4-6-17/h7,9,17H,3-6,8H2,1-2H3,(H,13,14,15). The fraction of sp³-hybridized carbons (Fsp3) is 0.667. The minimum absolute atomic E-state index is 0.278. The van der Waals surface area contributed by atoms with Gasteiger partial charge < -0.3 is 15.3 Å². The predicted octanol–water partition coefficient (Wildman–Crippen LogP) is 1.45. The molecule has 0 spiro atoms. The second kappa shape index (κ2) is 6.24. The van der Waals surface area contributed by atoms with Gasteiger partial charge in [-0.05, 0) is 25.0 Å². The van der Waals surface area contributed by atoms with E-state index in [-0.39, 0.29) is 6.61 Å². The van der Waals surface area contributed by atoms with Crippen LogP contribution in [-0.2, 0) is 0 Å². The smallest absolute Gasteiger partial charge is 0.191 e. The number of hydrogen-bond donors (Lipinski definition) is 2. The van der Waals surface area contributed by atoms with Gasteiger partial charge in [-0.3, -0.25) is 0 Å². The maximum absolute atomic E-state index is 8.99. The zero-order valence-electron chi connectivity index (χ0n) is 10.9. The summed E-state index contributed by atoms with van der Waals surface area (Å²) in [5.41, 5.74) is 0. The van der Waals surface area contributed by atoms with Gasteiger partial charge in [0.15, 0.2) is 5.16 Å². The molecule has 1 aliphatic heterocycles. The van der Waals surface area contributed by atoms with Crippen LogP contribution >= 0.6 is 11.8 Å². The van der Waals surface area contributed by atoms with Crippen LogP contribution in [-0.4, -0.2) is 48.1 Å². The number of thioether (sulfide) groups is 1.